The van der Waals surface area contributed by atoms with Gasteiger partial charge < -0.3 is 10.4 Å². The minimum atomic E-state index is -1.04. The summed E-state index contributed by atoms with van der Waals surface area (Å²) < 4.78 is 0. The van der Waals surface area contributed by atoms with Gasteiger partial charge in [0.2, 0.25) is 5.91 Å². The molecule has 0 atom stereocenters. The van der Waals surface area contributed by atoms with Crippen molar-refractivity contribution in [2.24, 2.45) is 0 Å². The minimum absolute atomic E-state index is 0.335. The van der Waals surface area contributed by atoms with E-state index in [-0.39, 0.29) is 12.5 Å². The van der Waals surface area contributed by atoms with Crippen molar-refractivity contribution in [1.82, 2.24) is 5.32 Å². The number of carbonyl (C=O) groups excluding carboxylic acids is 1. The minimum Gasteiger partial charge on any atom is -0.480 e. The fourth-order valence-corrected chi connectivity index (χ4v) is 0.771. The van der Waals surface area contributed by atoms with E-state index in [1.165, 1.54) is 6.08 Å². The van der Waals surface area contributed by atoms with E-state index in [9.17, 15) is 9.59 Å². The highest BCUT2D eigenvalue weighted by Crippen LogP contribution is 1.92. The third-order valence-corrected chi connectivity index (χ3v) is 1.42. The summed E-state index contributed by atoms with van der Waals surface area (Å²) in [6.45, 7) is 1.60. The zero-order valence-corrected chi connectivity index (χ0v) is 8.19. The third-order valence-electron chi connectivity index (χ3n) is 1.42. The highest BCUT2D eigenvalue weighted by molar-refractivity contribution is 5.89. The predicted molar refractivity (Wildman–Crippen MR) is 53.8 cm³/mol. The summed E-state index contributed by atoms with van der Waals surface area (Å²) >= 11 is 0. The third kappa shape index (κ3) is 8.52. The van der Waals surface area contributed by atoms with Crippen LogP contribution in [0.1, 0.15) is 19.8 Å². The van der Waals surface area contributed by atoms with Crippen LogP contribution in [-0.2, 0) is 9.59 Å². The molecule has 0 heterocycles. The molecule has 0 aliphatic carbocycles. The average Bonchev–Trinajstić information content (AvgIpc) is 2.14. The lowest BCUT2D eigenvalue weighted by Crippen LogP contribution is -2.27. The van der Waals surface area contributed by atoms with Gasteiger partial charge in [-0.05, 0) is 25.8 Å². The van der Waals surface area contributed by atoms with Gasteiger partial charge in [-0.15, -0.1) is 0 Å². The maximum absolute atomic E-state index is 10.9. The van der Waals surface area contributed by atoms with Gasteiger partial charge in [0.15, 0.2) is 0 Å². The second-order valence-electron chi connectivity index (χ2n) is 2.66. The Morgan fingerprint density at radius 3 is 2.50 bits per heavy atom. The molecule has 0 rings (SSSR count). The quantitative estimate of drug-likeness (QED) is 0.380. The first-order valence-corrected chi connectivity index (χ1v) is 4.44. The molecule has 0 spiro atoms. The Balaban J connectivity index is 3.55. The van der Waals surface area contributed by atoms with E-state index < -0.39 is 5.97 Å². The number of unbranched alkanes of at least 4 members (excludes halogenated alkanes) is 1. The number of aliphatic carboxylic acids is 1. The molecular weight excluding hydrogens is 182 g/mol. The molecule has 0 aliphatic rings. The van der Waals surface area contributed by atoms with Crippen LogP contribution in [0.3, 0.4) is 0 Å². The molecule has 0 bridgehead atoms. The van der Waals surface area contributed by atoms with E-state index in [1.54, 1.807) is 6.08 Å². The summed E-state index contributed by atoms with van der Waals surface area (Å²) in [4.78, 5) is 21.0. The molecule has 0 aliphatic heterocycles. The van der Waals surface area contributed by atoms with Crippen LogP contribution >= 0.6 is 0 Å². The van der Waals surface area contributed by atoms with Crippen molar-refractivity contribution >= 4 is 11.9 Å². The number of amides is 1. The lowest BCUT2D eigenvalue weighted by Gasteiger charge is -1.95. The lowest BCUT2D eigenvalue weighted by atomic mass is 10.2. The SMILES string of the molecule is C/C=C/CC/C=C/C(=O)NCC(=O)O. The number of hydrogen-bond acceptors (Lipinski definition) is 2. The topological polar surface area (TPSA) is 66.4 Å². The van der Waals surface area contributed by atoms with Gasteiger partial charge in [-0.3, -0.25) is 9.59 Å². The number of allylic oxidation sites excluding steroid dienone is 3. The Morgan fingerprint density at radius 2 is 1.93 bits per heavy atom. The molecule has 78 valence electrons. The smallest absolute Gasteiger partial charge is 0.322 e. The first kappa shape index (κ1) is 12.4. The van der Waals surface area contributed by atoms with Crippen LogP contribution in [0, 0.1) is 0 Å². The molecule has 0 aromatic rings. The normalized spacial score (nSPS) is 10.9. The number of rotatable bonds is 6. The summed E-state index contributed by atoms with van der Waals surface area (Å²) in [6, 6.07) is 0. The van der Waals surface area contributed by atoms with Crippen molar-refractivity contribution < 1.29 is 14.7 Å². The Labute approximate surface area is 83.3 Å². The highest BCUT2D eigenvalue weighted by Gasteiger charge is 1.97. The average molecular weight is 197 g/mol. The van der Waals surface area contributed by atoms with Crippen LogP contribution in [0.25, 0.3) is 0 Å². The van der Waals surface area contributed by atoms with Crippen LogP contribution in [0.5, 0.6) is 0 Å². The van der Waals surface area contributed by atoms with Crippen LogP contribution in [0.2, 0.25) is 0 Å². The monoisotopic (exact) mass is 197 g/mol. The number of carbonyl (C=O) groups is 2. The number of carboxylic acid groups (broad SMARTS) is 1. The largest absolute Gasteiger partial charge is 0.480 e. The van der Waals surface area contributed by atoms with Crippen molar-refractivity contribution in [2.45, 2.75) is 19.8 Å². The maximum atomic E-state index is 10.9. The molecule has 2 N–H and O–H groups in total. The van der Waals surface area contributed by atoms with E-state index in [4.69, 9.17) is 5.11 Å². The molecule has 1 amide bonds. The number of nitrogens with one attached hydrogen (secondary N) is 1. The van der Waals surface area contributed by atoms with E-state index >= 15 is 0 Å². The van der Waals surface area contributed by atoms with Crippen LogP contribution in [0.15, 0.2) is 24.3 Å². The molecule has 14 heavy (non-hydrogen) atoms. The van der Waals surface area contributed by atoms with Crippen LogP contribution < -0.4 is 5.32 Å². The second-order valence-corrected chi connectivity index (χ2v) is 2.66. The molecule has 0 aromatic carbocycles. The van der Waals surface area contributed by atoms with E-state index in [0.717, 1.165) is 12.8 Å². The molecule has 4 heteroatoms. The molecule has 0 aromatic heterocycles. The van der Waals surface area contributed by atoms with Crippen molar-refractivity contribution in [3.8, 4) is 0 Å². The fourth-order valence-electron chi connectivity index (χ4n) is 0.771. The van der Waals surface area contributed by atoms with Crippen LogP contribution in [-0.4, -0.2) is 23.5 Å². The van der Waals surface area contributed by atoms with Gasteiger partial charge in [0.1, 0.15) is 6.54 Å². The van der Waals surface area contributed by atoms with Crippen molar-refractivity contribution in [3.05, 3.63) is 24.3 Å². The van der Waals surface area contributed by atoms with Gasteiger partial charge in [0, 0.05) is 0 Å². The maximum Gasteiger partial charge on any atom is 0.322 e. The number of carboxylic acids is 1. The van der Waals surface area contributed by atoms with E-state index in [2.05, 4.69) is 5.32 Å². The zero-order chi connectivity index (χ0) is 10.8. The van der Waals surface area contributed by atoms with Gasteiger partial charge in [-0.25, -0.2) is 0 Å². The van der Waals surface area contributed by atoms with Crippen molar-refractivity contribution in [1.29, 1.82) is 0 Å². The van der Waals surface area contributed by atoms with Gasteiger partial charge >= 0.3 is 5.97 Å². The molecule has 0 saturated heterocycles. The van der Waals surface area contributed by atoms with Gasteiger partial charge in [0.25, 0.3) is 0 Å². The highest BCUT2D eigenvalue weighted by atomic mass is 16.4. The van der Waals surface area contributed by atoms with Crippen molar-refractivity contribution in [3.63, 3.8) is 0 Å². The molecule has 0 unspecified atom stereocenters. The summed E-state index contributed by atoms with van der Waals surface area (Å²) in [7, 11) is 0. The lowest BCUT2D eigenvalue weighted by molar-refractivity contribution is -0.137. The first-order valence-electron chi connectivity index (χ1n) is 4.44. The van der Waals surface area contributed by atoms with E-state index in [0.29, 0.717) is 0 Å². The second kappa shape index (κ2) is 8.04. The summed E-state index contributed by atoms with van der Waals surface area (Å²) in [5.74, 6) is -1.41. The van der Waals surface area contributed by atoms with Gasteiger partial charge in [0.05, 0.1) is 0 Å². The standard InChI is InChI=1S/C10H15NO3/c1-2-3-4-5-6-7-9(12)11-8-10(13)14/h2-3,6-7H,4-5,8H2,1H3,(H,11,12)(H,13,14)/b3-2+,7-6+. The molecule has 0 saturated carbocycles. The Bertz CT molecular complexity index is 244. The summed E-state index contributed by atoms with van der Waals surface area (Å²) in [5, 5.41) is 10.5. The number of hydrogen-bond donors (Lipinski definition) is 2. The summed E-state index contributed by atoms with van der Waals surface area (Å²) in [5.41, 5.74) is 0. The van der Waals surface area contributed by atoms with Gasteiger partial charge in [-0.2, -0.15) is 0 Å². The Hall–Kier alpha value is -1.58. The molecule has 0 radical (unpaired) electrons. The van der Waals surface area contributed by atoms with Crippen molar-refractivity contribution in [2.75, 3.05) is 6.54 Å². The van der Waals surface area contributed by atoms with E-state index in [1.807, 2.05) is 19.1 Å². The molecule has 0 fully saturated rings. The van der Waals surface area contributed by atoms with Crippen LogP contribution in [0.4, 0.5) is 0 Å². The Kier molecular flexibility index (Phi) is 7.13. The molecule has 4 nitrogen and oxygen atoms in total. The first-order chi connectivity index (χ1) is 6.66. The summed E-state index contributed by atoms with van der Waals surface area (Å²) in [6.07, 6.45) is 8.69. The molecular formula is C10H15NO3. The Morgan fingerprint density at radius 1 is 1.29 bits per heavy atom. The zero-order valence-electron chi connectivity index (χ0n) is 8.19. The predicted octanol–water partition coefficient (Wildman–Crippen LogP) is 1.10. The fraction of sp³-hybridized carbons (Fsp3) is 0.400. The van der Waals surface area contributed by atoms with Gasteiger partial charge in [-0.1, -0.05) is 18.2 Å².